The molecule has 0 aliphatic carbocycles. The summed E-state index contributed by atoms with van der Waals surface area (Å²) in [6, 6.07) is 8.25. The maximum Gasteiger partial charge on any atom is 0.182 e. The molecular formula is C11H13N3S. The summed E-state index contributed by atoms with van der Waals surface area (Å²) in [4.78, 5) is 3.94. The van der Waals surface area contributed by atoms with E-state index in [0.717, 1.165) is 6.42 Å². The molecule has 0 amide bonds. The summed E-state index contributed by atoms with van der Waals surface area (Å²) < 4.78 is 0. The van der Waals surface area contributed by atoms with E-state index in [4.69, 9.17) is 11.1 Å². The average Bonchev–Trinajstić information content (AvgIpc) is 2.49. The van der Waals surface area contributed by atoms with E-state index in [9.17, 15) is 0 Å². The topological polar surface area (TPSA) is 62.2 Å². The van der Waals surface area contributed by atoms with E-state index in [2.05, 4.69) is 24.0 Å². The second kappa shape index (κ2) is 4.06. The first-order valence-corrected chi connectivity index (χ1v) is 5.68. The van der Waals surface area contributed by atoms with Crippen molar-refractivity contribution in [3.8, 4) is 0 Å². The molecule has 3 nitrogen and oxygen atoms in total. The predicted molar refractivity (Wildman–Crippen MR) is 65.6 cm³/mol. The van der Waals surface area contributed by atoms with Gasteiger partial charge in [0.25, 0.3) is 0 Å². The minimum atomic E-state index is 0.138. The van der Waals surface area contributed by atoms with Gasteiger partial charge in [-0.15, -0.1) is 0 Å². The monoisotopic (exact) mass is 219 g/mol. The van der Waals surface area contributed by atoms with Gasteiger partial charge >= 0.3 is 0 Å². The van der Waals surface area contributed by atoms with E-state index in [1.54, 1.807) is 0 Å². The molecule has 1 aliphatic rings. The third kappa shape index (κ3) is 2.21. The standard InChI is InChI=1S/C11H13N3S/c1-7-4-2-3-5-8(7)6-9-10(12)14-11(13)15-9/h2-5,9H,6H2,1H3,(H3,12,13,14). The molecule has 1 atom stereocenters. The van der Waals surface area contributed by atoms with E-state index in [1.807, 2.05) is 12.1 Å². The molecule has 1 aliphatic heterocycles. The number of amidine groups is 2. The predicted octanol–water partition coefficient (Wildman–Crippen LogP) is 1.94. The minimum Gasteiger partial charge on any atom is -0.386 e. The summed E-state index contributed by atoms with van der Waals surface area (Å²) in [5.74, 6) is 0.577. The number of thioether (sulfide) groups is 1. The van der Waals surface area contributed by atoms with Gasteiger partial charge in [0.05, 0.1) is 5.25 Å². The Bertz CT molecular complexity index is 426. The molecule has 0 aromatic heterocycles. The number of hydrogen-bond donors (Lipinski definition) is 2. The van der Waals surface area contributed by atoms with Crippen LogP contribution in [-0.4, -0.2) is 16.3 Å². The van der Waals surface area contributed by atoms with Crippen LogP contribution in [0.3, 0.4) is 0 Å². The summed E-state index contributed by atoms with van der Waals surface area (Å²) in [7, 11) is 0. The summed E-state index contributed by atoms with van der Waals surface area (Å²) in [6.45, 7) is 2.09. The molecule has 0 fully saturated rings. The van der Waals surface area contributed by atoms with Crippen LogP contribution in [0.15, 0.2) is 29.3 Å². The van der Waals surface area contributed by atoms with Crippen LogP contribution in [0.25, 0.3) is 0 Å². The van der Waals surface area contributed by atoms with Crippen LogP contribution in [0, 0.1) is 12.3 Å². The number of benzene rings is 1. The van der Waals surface area contributed by atoms with Crippen molar-refractivity contribution in [3.63, 3.8) is 0 Å². The lowest BCUT2D eigenvalue weighted by atomic mass is 10.0. The van der Waals surface area contributed by atoms with Crippen molar-refractivity contribution in [3.05, 3.63) is 35.4 Å². The van der Waals surface area contributed by atoms with Crippen molar-refractivity contribution in [1.82, 2.24) is 0 Å². The van der Waals surface area contributed by atoms with E-state index < -0.39 is 0 Å². The molecule has 0 spiro atoms. The third-order valence-corrected chi connectivity index (χ3v) is 3.49. The molecule has 0 saturated carbocycles. The zero-order valence-electron chi connectivity index (χ0n) is 8.53. The molecule has 15 heavy (non-hydrogen) atoms. The summed E-state index contributed by atoms with van der Waals surface area (Å²) in [6.07, 6.45) is 0.856. The van der Waals surface area contributed by atoms with Crippen molar-refractivity contribution in [2.45, 2.75) is 18.6 Å². The van der Waals surface area contributed by atoms with Crippen molar-refractivity contribution < 1.29 is 0 Å². The Labute approximate surface area is 93.3 Å². The number of nitrogens with zero attached hydrogens (tertiary/aromatic N) is 1. The highest BCUT2D eigenvalue weighted by atomic mass is 32.2. The van der Waals surface area contributed by atoms with Gasteiger partial charge in [-0.3, -0.25) is 5.41 Å². The highest BCUT2D eigenvalue weighted by Crippen LogP contribution is 2.24. The lowest BCUT2D eigenvalue weighted by Gasteiger charge is -2.10. The molecule has 0 saturated heterocycles. The first kappa shape index (κ1) is 10.2. The van der Waals surface area contributed by atoms with E-state index in [0.29, 0.717) is 11.0 Å². The maximum atomic E-state index is 7.42. The molecule has 1 unspecified atom stereocenters. The summed E-state index contributed by atoms with van der Waals surface area (Å²) in [5.41, 5.74) is 8.30. The fourth-order valence-corrected chi connectivity index (χ4v) is 2.46. The van der Waals surface area contributed by atoms with Gasteiger partial charge in [0, 0.05) is 0 Å². The van der Waals surface area contributed by atoms with E-state index >= 15 is 0 Å². The molecule has 78 valence electrons. The molecular weight excluding hydrogens is 206 g/mol. The largest absolute Gasteiger partial charge is 0.386 e. The van der Waals surface area contributed by atoms with Crippen molar-refractivity contribution in [2.75, 3.05) is 0 Å². The zero-order valence-corrected chi connectivity index (χ0v) is 9.34. The Morgan fingerprint density at radius 1 is 1.47 bits per heavy atom. The van der Waals surface area contributed by atoms with E-state index in [-0.39, 0.29) is 5.25 Å². The van der Waals surface area contributed by atoms with Crippen LogP contribution in [0.2, 0.25) is 0 Å². The number of nitrogens with one attached hydrogen (secondary N) is 1. The molecule has 0 radical (unpaired) electrons. The van der Waals surface area contributed by atoms with Gasteiger partial charge < -0.3 is 5.73 Å². The Balaban J connectivity index is 2.14. The Hall–Kier alpha value is -1.29. The SMILES string of the molecule is Cc1ccccc1CC1SC(=N)N=C1N. The summed E-state index contributed by atoms with van der Waals surface area (Å²) in [5, 5.41) is 7.89. The van der Waals surface area contributed by atoms with Gasteiger partial charge in [-0.2, -0.15) is 0 Å². The number of aliphatic imine (C=N–C) groups is 1. The van der Waals surface area contributed by atoms with Crippen molar-refractivity contribution >= 4 is 22.8 Å². The third-order valence-electron chi connectivity index (χ3n) is 2.48. The van der Waals surface area contributed by atoms with Crippen LogP contribution in [0.5, 0.6) is 0 Å². The molecule has 1 heterocycles. The van der Waals surface area contributed by atoms with Gasteiger partial charge in [-0.25, -0.2) is 4.99 Å². The number of rotatable bonds is 2. The molecule has 0 bridgehead atoms. The second-order valence-corrected chi connectivity index (χ2v) is 4.77. The fraction of sp³-hybridized carbons (Fsp3) is 0.273. The normalized spacial score (nSPS) is 20.5. The van der Waals surface area contributed by atoms with Crippen LogP contribution < -0.4 is 5.73 Å². The first-order chi connectivity index (χ1) is 7.16. The lowest BCUT2D eigenvalue weighted by molar-refractivity contribution is 1.04. The highest BCUT2D eigenvalue weighted by Gasteiger charge is 2.23. The number of nitrogens with two attached hydrogens (primary N) is 1. The molecule has 1 aromatic carbocycles. The fourth-order valence-electron chi connectivity index (χ4n) is 1.60. The quantitative estimate of drug-likeness (QED) is 0.798. The van der Waals surface area contributed by atoms with Crippen LogP contribution >= 0.6 is 11.8 Å². The Morgan fingerprint density at radius 3 is 2.80 bits per heavy atom. The second-order valence-electron chi connectivity index (χ2n) is 3.58. The zero-order chi connectivity index (χ0) is 10.8. The van der Waals surface area contributed by atoms with Gasteiger partial charge in [0.1, 0.15) is 5.84 Å². The van der Waals surface area contributed by atoms with Crippen LogP contribution in [-0.2, 0) is 6.42 Å². The van der Waals surface area contributed by atoms with Crippen molar-refractivity contribution in [2.24, 2.45) is 10.7 Å². The number of aryl methyl sites for hydroxylation is 1. The molecule has 2 rings (SSSR count). The van der Waals surface area contributed by atoms with Gasteiger partial charge in [0.2, 0.25) is 0 Å². The van der Waals surface area contributed by atoms with Gasteiger partial charge in [-0.1, -0.05) is 36.0 Å². The van der Waals surface area contributed by atoms with Crippen molar-refractivity contribution in [1.29, 1.82) is 5.41 Å². The Kier molecular flexibility index (Phi) is 2.77. The number of hydrogen-bond acceptors (Lipinski definition) is 3. The molecule has 1 aromatic rings. The van der Waals surface area contributed by atoms with Crippen LogP contribution in [0.4, 0.5) is 0 Å². The maximum absolute atomic E-state index is 7.42. The molecule has 4 heteroatoms. The van der Waals surface area contributed by atoms with Gasteiger partial charge in [0.15, 0.2) is 5.17 Å². The Morgan fingerprint density at radius 2 is 2.20 bits per heavy atom. The first-order valence-electron chi connectivity index (χ1n) is 4.80. The summed E-state index contributed by atoms with van der Waals surface area (Å²) >= 11 is 1.43. The lowest BCUT2D eigenvalue weighted by Crippen LogP contribution is -2.24. The average molecular weight is 219 g/mol. The van der Waals surface area contributed by atoms with Crippen LogP contribution in [0.1, 0.15) is 11.1 Å². The smallest absolute Gasteiger partial charge is 0.182 e. The van der Waals surface area contributed by atoms with Gasteiger partial charge in [-0.05, 0) is 24.5 Å². The highest BCUT2D eigenvalue weighted by molar-refractivity contribution is 8.15. The minimum absolute atomic E-state index is 0.138. The van der Waals surface area contributed by atoms with E-state index in [1.165, 1.54) is 22.9 Å². The molecule has 3 N–H and O–H groups in total.